The number of nitrogens with one attached hydrogen (secondary N) is 1. The van der Waals surface area contributed by atoms with Gasteiger partial charge in [-0.05, 0) is 60.2 Å². The number of allylic oxidation sites excluding steroid dienone is 8. The van der Waals surface area contributed by atoms with E-state index in [0.29, 0.717) is 24.0 Å². The molecule has 2 aromatic carbocycles. The molecule has 1 unspecified atom stereocenters. The molecule has 2 aliphatic rings. The molecule has 0 saturated heterocycles. The lowest BCUT2D eigenvalue weighted by Gasteiger charge is -2.24. The number of carbonyl (C=O) groups excluding carboxylic acids is 2. The number of aromatic nitrogens is 1. The van der Waals surface area contributed by atoms with E-state index in [9.17, 15) is 9.59 Å². The largest absolute Gasteiger partial charge is 0.354 e. The number of aromatic amines is 1. The molecule has 0 fully saturated rings. The zero-order chi connectivity index (χ0) is 23.7. The molecule has 0 aliphatic heterocycles. The van der Waals surface area contributed by atoms with E-state index in [2.05, 4.69) is 18.1 Å². The van der Waals surface area contributed by atoms with Gasteiger partial charge in [0.05, 0.1) is 5.69 Å². The van der Waals surface area contributed by atoms with Crippen LogP contribution in [0.3, 0.4) is 0 Å². The summed E-state index contributed by atoms with van der Waals surface area (Å²) in [6.07, 6.45) is 12.2. The molecular weight excluding hydrogens is 418 g/mol. The van der Waals surface area contributed by atoms with Crippen LogP contribution < -0.4 is 0 Å². The summed E-state index contributed by atoms with van der Waals surface area (Å²) in [5.41, 5.74) is 7.39. The van der Waals surface area contributed by atoms with Crippen molar-refractivity contribution in [2.24, 2.45) is 5.92 Å². The molecule has 1 heterocycles. The minimum atomic E-state index is -0.0690. The summed E-state index contributed by atoms with van der Waals surface area (Å²) in [5.74, 6) is 0.175. The van der Waals surface area contributed by atoms with Crippen molar-refractivity contribution in [1.29, 1.82) is 0 Å². The van der Waals surface area contributed by atoms with Gasteiger partial charge < -0.3 is 4.98 Å². The molecule has 168 valence electrons. The molecule has 0 spiro atoms. The minimum absolute atomic E-state index is 0.0690. The fourth-order valence-corrected chi connectivity index (χ4v) is 5.11. The summed E-state index contributed by atoms with van der Waals surface area (Å²) >= 11 is 0. The first-order valence-electron chi connectivity index (χ1n) is 11.7. The third-order valence-corrected chi connectivity index (χ3v) is 6.92. The van der Waals surface area contributed by atoms with Crippen LogP contribution in [0.5, 0.6) is 0 Å². The Morgan fingerprint density at radius 2 is 1.82 bits per heavy atom. The SMILES string of the molecule is C=CC1=C(C=C)CC(C(=O)c2ccc3[nH]c(C4=CC=CCC4=O)c(-c4ccccc4)c3c2)CC1. The number of ketones is 2. The molecule has 3 heteroatoms. The Kier molecular flexibility index (Phi) is 5.85. The van der Waals surface area contributed by atoms with Gasteiger partial charge in [0.1, 0.15) is 0 Å². The van der Waals surface area contributed by atoms with Gasteiger partial charge in [0.25, 0.3) is 0 Å². The predicted molar refractivity (Wildman–Crippen MR) is 140 cm³/mol. The summed E-state index contributed by atoms with van der Waals surface area (Å²) in [6, 6.07) is 15.9. The van der Waals surface area contributed by atoms with Gasteiger partial charge in [-0.3, -0.25) is 9.59 Å². The van der Waals surface area contributed by atoms with Crippen LogP contribution in [0.25, 0.3) is 27.6 Å². The van der Waals surface area contributed by atoms with Crippen molar-refractivity contribution in [3.63, 3.8) is 0 Å². The van der Waals surface area contributed by atoms with Crippen LogP contribution in [0.4, 0.5) is 0 Å². The fraction of sp³-hybridized carbons (Fsp3) is 0.161. The van der Waals surface area contributed by atoms with Crippen LogP contribution in [-0.4, -0.2) is 16.6 Å². The Hall–Kier alpha value is -3.98. The summed E-state index contributed by atoms with van der Waals surface area (Å²) in [5, 5.41) is 0.956. The smallest absolute Gasteiger partial charge is 0.168 e. The number of carbonyl (C=O) groups is 2. The Labute approximate surface area is 199 Å². The Bertz CT molecular complexity index is 1410. The summed E-state index contributed by atoms with van der Waals surface area (Å²) in [4.78, 5) is 29.7. The molecule has 1 atom stereocenters. The van der Waals surface area contributed by atoms with Gasteiger partial charge in [0, 0.05) is 39.9 Å². The van der Waals surface area contributed by atoms with E-state index in [0.717, 1.165) is 46.1 Å². The molecule has 34 heavy (non-hydrogen) atoms. The highest BCUT2D eigenvalue weighted by molar-refractivity contribution is 6.25. The fourth-order valence-electron chi connectivity index (χ4n) is 5.11. The van der Waals surface area contributed by atoms with E-state index in [1.54, 1.807) is 0 Å². The molecule has 1 aromatic heterocycles. The van der Waals surface area contributed by atoms with Crippen LogP contribution >= 0.6 is 0 Å². The van der Waals surface area contributed by atoms with Crippen LogP contribution in [0.1, 0.15) is 41.7 Å². The Morgan fingerprint density at radius 3 is 2.56 bits per heavy atom. The second kappa shape index (κ2) is 9.11. The number of Topliss-reactive ketones (excluding diaryl/α,β-unsaturated/α-hetero) is 2. The molecule has 3 aromatic rings. The first-order valence-corrected chi connectivity index (χ1v) is 11.7. The molecule has 2 aliphatic carbocycles. The summed E-state index contributed by atoms with van der Waals surface area (Å²) in [7, 11) is 0. The third-order valence-electron chi connectivity index (χ3n) is 6.92. The van der Waals surface area contributed by atoms with E-state index in [1.165, 1.54) is 5.57 Å². The number of hydrogen-bond donors (Lipinski definition) is 1. The maximum atomic E-state index is 13.5. The van der Waals surface area contributed by atoms with Crippen molar-refractivity contribution in [2.75, 3.05) is 0 Å². The minimum Gasteiger partial charge on any atom is -0.354 e. The van der Waals surface area contributed by atoms with Crippen molar-refractivity contribution in [2.45, 2.75) is 25.7 Å². The van der Waals surface area contributed by atoms with E-state index in [1.807, 2.05) is 78.9 Å². The van der Waals surface area contributed by atoms with Gasteiger partial charge in [0.2, 0.25) is 0 Å². The number of rotatable bonds is 6. The van der Waals surface area contributed by atoms with E-state index >= 15 is 0 Å². The number of benzene rings is 2. The molecule has 5 rings (SSSR count). The molecule has 0 saturated carbocycles. The van der Waals surface area contributed by atoms with E-state index < -0.39 is 0 Å². The molecule has 3 nitrogen and oxygen atoms in total. The molecular formula is C31H27NO2. The molecule has 0 bridgehead atoms. The van der Waals surface area contributed by atoms with Crippen molar-refractivity contribution in [3.8, 4) is 11.1 Å². The topological polar surface area (TPSA) is 49.9 Å². The van der Waals surface area contributed by atoms with Crippen LogP contribution in [-0.2, 0) is 4.79 Å². The lowest BCUT2D eigenvalue weighted by atomic mass is 9.80. The maximum Gasteiger partial charge on any atom is 0.168 e. The maximum absolute atomic E-state index is 13.5. The van der Waals surface area contributed by atoms with Gasteiger partial charge in [-0.25, -0.2) is 0 Å². The summed E-state index contributed by atoms with van der Waals surface area (Å²) < 4.78 is 0. The standard InChI is InChI=1S/C31H27NO2/c1-3-20-14-15-23(18-21(20)4-2)31(34)24-16-17-27-26(19-24)29(22-10-6-5-7-11-22)30(32-27)25-12-8-9-13-28(25)33/h3-12,16-17,19,23,32H,1-2,13-15,18H2. The first kappa shape index (κ1) is 21.8. The van der Waals surface area contributed by atoms with Gasteiger partial charge >= 0.3 is 0 Å². The Morgan fingerprint density at radius 1 is 1.03 bits per heavy atom. The van der Waals surface area contributed by atoms with Gasteiger partial charge in [0.15, 0.2) is 11.6 Å². The predicted octanol–water partition coefficient (Wildman–Crippen LogP) is 7.40. The highest BCUT2D eigenvalue weighted by Gasteiger charge is 2.27. The highest BCUT2D eigenvalue weighted by atomic mass is 16.1. The van der Waals surface area contributed by atoms with Crippen molar-refractivity contribution < 1.29 is 9.59 Å². The zero-order valence-corrected chi connectivity index (χ0v) is 19.1. The van der Waals surface area contributed by atoms with E-state index in [4.69, 9.17) is 0 Å². The zero-order valence-electron chi connectivity index (χ0n) is 19.1. The van der Waals surface area contributed by atoms with Gasteiger partial charge in [-0.2, -0.15) is 0 Å². The number of fused-ring (bicyclic) bond motifs is 1. The highest BCUT2D eigenvalue weighted by Crippen LogP contribution is 2.39. The average Bonchev–Trinajstić information content (AvgIpc) is 3.27. The Balaban J connectivity index is 1.61. The van der Waals surface area contributed by atoms with Crippen molar-refractivity contribution >= 4 is 28.0 Å². The molecule has 0 radical (unpaired) electrons. The number of hydrogen-bond acceptors (Lipinski definition) is 2. The lowest BCUT2D eigenvalue weighted by molar-refractivity contribution is -0.113. The van der Waals surface area contributed by atoms with Crippen LogP contribution in [0, 0.1) is 5.92 Å². The van der Waals surface area contributed by atoms with Gasteiger partial charge in [-0.1, -0.05) is 67.8 Å². The van der Waals surface area contributed by atoms with Gasteiger partial charge in [-0.15, -0.1) is 0 Å². The van der Waals surface area contributed by atoms with E-state index in [-0.39, 0.29) is 17.5 Å². The average molecular weight is 446 g/mol. The normalized spacial score (nSPS) is 18.2. The van der Waals surface area contributed by atoms with Crippen LogP contribution in [0.15, 0.2) is 103 Å². The third kappa shape index (κ3) is 3.84. The first-order chi connectivity index (χ1) is 16.6. The number of H-pyrrole nitrogens is 1. The summed E-state index contributed by atoms with van der Waals surface area (Å²) in [6.45, 7) is 7.83. The lowest BCUT2D eigenvalue weighted by Crippen LogP contribution is -2.19. The van der Waals surface area contributed by atoms with Crippen molar-refractivity contribution in [1.82, 2.24) is 4.98 Å². The monoisotopic (exact) mass is 445 g/mol. The molecule has 1 N–H and O–H groups in total. The van der Waals surface area contributed by atoms with Crippen LogP contribution in [0.2, 0.25) is 0 Å². The van der Waals surface area contributed by atoms with Crippen molar-refractivity contribution in [3.05, 3.63) is 114 Å². The molecule has 0 amide bonds. The second-order valence-electron chi connectivity index (χ2n) is 8.90. The second-order valence-corrected chi connectivity index (χ2v) is 8.90. The quantitative estimate of drug-likeness (QED) is 0.402.